The molecular formula is C16H23FN4O. The second-order valence-electron chi connectivity index (χ2n) is 5.29. The molecule has 1 saturated heterocycles. The molecule has 0 aromatic heterocycles. The van der Waals surface area contributed by atoms with E-state index < -0.39 is 0 Å². The Morgan fingerprint density at radius 3 is 2.55 bits per heavy atom. The molecule has 1 aromatic rings. The summed E-state index contributed by atoms with van der Waals surface area (Å²) in [4.78, 5) is 19.9. The molecule has 2 rings (SSSR count). The van der Waals surface area contributed by atoms with Crippen molar-refractivity contribution < 1.29 is 9.18 Å². The fourth-order valence-corrected chi connectivity index (χ4v) is 2.46. The van der Waals surface area contributed by atoms with Gasteiger partial charge in [0.15, 0.2) is 5.96 Å². The molecule has 1 heterocycles. The standard InChI is InChI=1S/C16H23FN4O/c1-3-18-16(19-12-14-5-4-6-15(17)11-14)21-9-7-20(8-10-21)13(2)22/h4-6,11H,3,7-10,12H2,1-2H3,(H,18,19). The van der Waals surface area contributed by atoms with E-state index in [1.165, 1.54) is 12.1 Å². The maximum absolute atomic E-state index is 13.2. The maximum atomic E-state index is 13.2. The molecule has 120 valence electrons. The molecular weight excluding hydrogens is 283 g/mol. The highest BCUT2D eigenvalue weighted by atomic mass is 19.1. The Hall–Kier alpha value is -2.11. The van der Waals surface area contributed by atoms with E-state index in [9.17, 15) is 9.18 Å². The SMILES string of the molecule is CCNC(=NCc1cccc(F)c1)N1CCN(C(C)=O)CC1. The van der Waals surface area contributed by atoms with Gasteiger partial charge in [0.05, 0.1) is 6.54 Å². The monoisotopic (exact) mass is 306 g/mol. The number of nitrogens with one attached hydrogen (secondary N) is 1. The molecule has 1 N–H and O–H groups in total. The second-order valence-corrected chi connectivity index (χ2v) is 5.29. The van der Waals surface area contributed by atoms with Gasteiger partial charge in [0.25, 0.3) is 0 Å². The van der Waals surface area contributed by atoms with Gasteiger partial charge in [0.1, 0.15) is 5.82 Å². The van der Waals surface area contributed by atoms with E-state index in [2.05, 4.69) is 15.2 Å². The average molecular weight is 306 g/mol. The summed E-state index contributed by atoms with van der Waals surface area (Å²) in [6.45, 7) is 7.76. The number of hydrogen-bond donors (Lipinski definition) is 1. The van der Waals surface area contributed by atoms with Crippen molar-refractivity contribution in [2.24, 2.45) is 4.99 Å². The highest BCUT2D eigenvalue weighted by molar-refractivity contribution is 5.80. The van der Waals surface area contributed by atoms with Crippen LogP contribution in [0.4, 0.5) is 4.39 Å². The largest absolute Gasteiger partial charge is 0.357 e. The summed E-state index contributed by atoms with van der Waals surface area (Å²) in [5, 5.41) is 3.26. The number of rotatable bonds is 3. The third kappa shape index (κ3) is 4.44. The van der Waals surface area contributed by atoms with Crippen molar-refractivity contribution in [2.75, 3.05) is 32.7 Å². The molecule has 1 fully saturated rings. The van der Waals surface area contributed by atoms with Gasteiger partial charge in [-0.3, -0.25) is 4.79 Å². The van der Waals surface area contributed by atoms with E-state index in [1.54, 1.807) is 13.0 Å². The topological polar surface area (TPSA) is 47.9 Å². The van der Waals surface area contributed by atoms with Gasteiger partial charge >= 0.3 is 0 Å². The number of benzene rings is 1. The fraction of sp³-hybridized carbons (Fsp3) is 0.500. The molecule has 6 heteroatoms. The van der Waals surface area contributed by atoms with Crippen LogP contribution >= 0.6 is 0 Å². The molecule has 0 saturated carbocycles. The molecule has 1 aliphatic heterocycles. The molecule has 0 bridgehead atoms. The zero-order valence-electron chi connectivity index (χ0n) is 13.2. The van der Waals surface area contributed by atoms with Gasteiger partial charge in [-0.1, -0.05) is 12.1 Å². The number of piperazine rings is 1. The molecule has 5 nitrogen and oxygen atoms in total. The first kappa shape index (κ1) is 16.3. The van der Waals surface area contributed by atoms with Crippen molar-refractivity contribution in [1.82, 2.24) is 15.1 Å². The molecule has 22 heavy (non-hydrogen) atoms. The van der Waals surface area contributed by atoms with Gasteiger partial charge in [-0.25, -0.2) is 9.38 Å². The van der Waals surface area contributed by atoms with Crippen molar-refractivity contribution in [3.05, 3.63) is 35.6 Å². The third-order valence-electron chi connectivity index (χ3n) is 3.66. The lowest BCUT2D eigenvalue weighted by Crippen LogP contribution is -2.53. The van der Waals surface area contributed by atoms with E-state index in [0.717, 1.165) is 31.2 Å². The first-order valence-corrected chi connectivity index (χ1v) is 7.63. The molecule has 0 unspecified atom stereocenters. The summed E-state index contributed by atoms with van der Waals surface area (Å²) in [6, 6.07) is 6.49. The van der Waals surface area contributed by atoms with Crippen LogP contribution in [0.3, 0.4) is 0 Å². The lowest BCUT2D eigenvalue weighted by molar-refractivity contribution is -0.130. The summed E-state index contributed by atoms with van der Waals surface area (Å²) in [5.41, 5.74) is 0.845. The Morgan fingerprint density at radius 2 is 1.95 bits per heavy atom. The van der Waals surface area contributed by atoms with Crippen LogP contribution in [-0.2, 0) is 11.3 Å². The number of guanidine groups is 1. The molecule has 1 aromatic carbocycles. The molecule has 0 radical (unpaired) electrons. The van der Waals surface area contributed by atoms with Crippen molar-refractivity contribution in [3.8, 4) is 0 Å². The third-order valence-corrected chi connectivity index (χ3v) is 3.66. The normalized spacial score (nSPS) is 15.9. The predicted molar refractivity (Wildman–Crippen MR) is 85.0 cm³/mol. The Labute approximate surface area is 130 Å². The predicted octanol–water partition coefficient (Wildman–Crippen LogP) is 1.46. The van der Waals surface area contributed by atoms with Gasteiger partial charge in [-0.15, -0.1) is 0 Å². The van der Waals surface area contributed by atoms with Crippen LogP contribution in [0.2, 0.25) is 0 Å². The van der Waals surface area contributed by atoms with Crippen molar-refractivity contribution in [3.63, 3.8) is 0 Å². The van der Waals surface area contributed by atoms with Crippen LogP contribution in [0.5, 0.6) is 0 Å². The van der Waals surface area contributed by atoms with Crippen LogP contribution in [0, 0.1) is 5.82 Å². The van der Waals surface area contributed by atoms with Crippen LogP contribution in [0.25, 0.3) is 0 Å². The zero-order chi connectivity index (χ0) is 15.9. The second kappa shape index (κ2) is 7.77. The Kier molecular flexibility index (Phi) is 5.75. The zero-order valence-corrected chi connectivity index (χ0v) is 13.2. The summed E-state index contributed by atoms with van der Waals surface area (Å²) < 4.78 is 13.2. The van der Waals surface area contributed by atoms with E-state index in [1.807, 2.05) is 17.9 Å². The quantitative estimate of drug-likeness (QED) is 0.679. The smallest absolute Gasteiger partial charge is 0.219 e. The van der Waals surface area contributed by atoms with E-state index in [4.69, 9.17) is 0 Å². The van der Waals surface area contributed by atoms with Gasteiger partial charge in [-0.05, 0) is 24.6 Å². The number of amides is 1. The van der Waals surface area contributed by atoms with Gasteiger partial charge in [-0.2, -0.15) is 0 Å². The average Bonchev–Trinajstić information content (AvgIpc) is 2.51. The Bertz CT molecular complexity index is 539. The first-order valence-electron chi connectivity index (χ1n) is 7.63. The number of carbonyl (C=O) groups excluding carboxylic acids is 1. The molecule has 1 aliphatic rings. The Balaban J connectivity index is 2.00. The van der Waals surface area contributed by atoms with Crippen LogP contribution < -0.4 is 5.32 Å². The minimum Gasteiger partial charge on any atom is -0.357 e. The Morgan fingerprint density at radius 1 is 1.27 bits per heavy atom. The van der Waals surface area contributed by atoms with E-state index >= 15 is 0 Å². The van der Waals surface area contributed by atoms with Crippen molar-refractivity contribution >= 4 is 11.9 Å². The van der Waals surface area contributed by atoms with Crippen LogP contribution in [0.1, 0.15) is 19.4 Å². The van der Waals surface area contributed by atoms with Crippen LogP contribution in [0.15, 0.2) is 29.3 Å². The van der Waals surface area contributed by atoms with Crippen molar-refractivity contribution in [2.45, 2.75) is 20.4 Å². The maximum Gasteiger partial charge on any atom is 0.219 e. The highest BCUT2D eigenvalue weighted by Gasteiger charge is 2.20. The summed E-state index contributed by atoms with van der Waals surface area (Å²) >= 11 is 0. The molecule has 0 aliphatic carbocycles. The molecule has 0 atom stereocenters. The van der Waals surface area contributed by atoms with Gasteiger partial charge in [0, 0.05) is 39.6 Å². The fourth-order valence-electron chi connectivity index (χ4n) is 2.46. The minimum absolute atomic E-state index is 0.112. The van der Waals surface area contributed by atoms with Gasteiger partial charge < -0.3 is 15.1 Å². The lowest BCUT2D eigenvalue weighted by atomic mass is 10.2. The summed E-state index contributed by atoms with van der Waals surface area (Å²) in [6.07, 6.45) is 0. The first-order chi connectivity index (χ1) is 10.6. The number of aliphatic imine (C=N–C) groups is 1. The van der Waals surface area contributed by atoms with E-state index in [-0.39, 0.29) is 11.7 Å². The van der Waals surface area contributed by atoms with E-state index in [0.29, 0.717) is 19.6 Å². The minimum atomic E-state index is -0.243. The molecule has 0 spiro atoms. The number of halogens is 1. The number of carbonyl (C=O) groups is 1. The highest BCUT2D eigenvalue weighted by Crippen LogP contribution is 2.07. The number of hydrogen-bond acceptors (Lipinski definition) is 2. The number of nitrogens with zero attached hydrogens (tertiary/aromatic N) is 3. The summed E-state index contributed by atoms with van der Waals surface area (Å²) in [7, 11) is 0. The van der Waals surface area contributed by atoms with Crippen molar-refractivity contribution in [1.29, 1.82) is 0 Å². The summed E-state index contributed by atoms with van der Waals surface area (Å²) in [5.74, 6) is 0.684. The van der Waals surface area contributed by atoms with Crippen LogP contribution in [-0.4, -0.2) is 54.4 Å². The van der Waals surface area contributed by atoms with Gasteiger partial charge in [0.2, 0.25) is 5.91 Å². The lowest BCUT2D eigenvalue weighted by Gasteiger charge is -2.36. The molecule has 1 amide bonds.